The number of hydrogen-bond donors (Lipinski definition) is 1. The van der Waals surface area contributed by atoms with E-state index in [0.717, 1.165) is 30.2 Å². The first-order valence-corrected chi connectivity index (χ1v) is 11.2. The Morgan fingerprint density at radius 3 is 2.57 bits per heavy atom. The summed E-state index contributed by atoms with van der Waals surface area (Å²) in [5.74, 6) is 0.819. The first-order chi connectivity index (χ1) is 13.4. The molecule has 3 amide bonds. The first-order valence-electron chi connectivity index (χ1n) is 10.3. The second-order valence-corrected chi connectivity index (χ2v) is 9.18. The monoisotopic (exact) mass is 408 g/mol. The van der Waals surface area contributed by atoms with Gasteiger partial charge in [0.2, 0.25) is 5.91 Å². The van der Waals surface area contributed by atoms with Gasteiger partial charge in [-0.15, -0.1) is 10.2 Å². The standard InChI is InChI=1S/C19H32N6O2S/c1-5-15(23(3)4)16-21-22-19(25(16)14-9-7-6-8-10-14)28-13(2)17(26)24-12-11-20-18(24)27/h13-15H,5-12H2,1-4H3,(H,20,27). The summed E-state index contributed by atoms with van der Waals surface area (Å²) in [6.07, 6.45) is 6.91. The lowest BCUT2D eigenvalue weighted by Crippen LogP contribution is -2.39. The highest BCUT2D eigenvalue weighted by atomic mass is 32.2. The van der Waals surface area contributed by atoms with Crippen LogP contribution >= 0.6 is 11.8 Å². The molecule has 2 fully saturated rings. The van der Waals surface area contributed by atoms with Crippen molar-refractivity contribution in [3.05, 3.63) is 5.82 Å². The van der Waals surface area contributed by atoms with E-state index in [9.17, 15) is 9.59 Å². The average Bonchev–Trinajstić information content (AvgIpc) is 3.28. The molecule has 0 aromatic carbocycles. The van der Waals surface area contributed by atoms with Gasteiger partial charge < -0.3 is 9.88 Å². The number of thioether (sulfide) groups is 1. The molecule has 1 aliphatic heterocycles. The van der Waals surface area contributed by atoms with Gasteiger partial charge in [0, 0.05) is 19.1 Å². The maximum absolute atomic E-state index is 12.7. The summed E-state index contributed by atoms with van der Waals surface area (Å²) in [7, 11) is 4.14. The highest BCUT2D eigenvalue weighted by molar-refractivity contribution is 8.00. The molecule has 2 aliphatic rings. The Kier molecular flexibility index (Phi) is 6.98. The predicted octanol–water partition coefficient (Wildman–Crippen LogP) is 2.83. The Balaban J connectivity index is 1.86. The second kappa shape index (κ2) is 9.26. The van der Waals surface area contributed by atoms with E-state index in [0.29, 0.717) is 19.1 Å². The highest BCUT2D eigenvalue weighted by Crippen LogP contribution is 2.36. The van der Waals surface area contributed by atoms with Crippen LogP contribution in [-0.4, -0.2) is 68.9 Å². The quantitative estimate of drug-likeness (QED) is 0.699. The molecule has 156 valence electrons. The number of aromatic nitrogens is 3. The van der Waals surface area contributed by atoms with Gasteiger partial charge in [0.25, 0.3) is 0 Å². The van der Waals surface area contributed by atoms with Crippen LogP contribution in [-0.2, 0) is 4.79 Å². The molecule has 2 atom stereocenters. The van der Waals surface area contributed by atoms with Crippen LogP contribution in [0.4, 0.5) is 4.79 Å². The molecule has 3 rings (SSSR count). The van der Waals surface area contributed by atoms with Crippen molar-refractivity contribution in [3.8, 4) is 0 Å². The van der Waals surface area contributed by atoms with E-state index in [-0.39, 0.29) is 23.2 Å². The Morgan fingerprint density at radius 1 is 1.29 bits per heavy atom. The first kappa shape index (κ1) is 21.1. The Bertz CT molecular complexity index is 701. The summed E-state index contributed by atoms with van der Waals surface area (Å²) >= 11 is 1.42. The van der Waals surface area contributed by atoms with Crippen LogP contribution in [0.25, 0.3) is 0 Å². The van der Waals surface area contributed by atoms with Crippen molar-refractivity contribution in [3.63, 3.8) is 0 Å². The van der Waals surface area contributed by atoms with Crippen molar-refractivity contribution in [2.75, 3.05) is 27.2 Å². The zero-order valence-corrected chi connectivity index (χ0v) is 18.2. The third-order valence-corrected chi connectivity index (χ3v) is 6.74. The average molecular weight is 409 g/mol. The number of amides is 3. The summed E-state index contributed by atoms with van der Waals surface area (Å²) in [6, 6.07) is 0.275. The normalized spacial score (nSPS) is 20.5. The van der Waals surface area contributed by atoms with Crippen molar-refractivity contribution in [1.82, 2.24) is 29.9 Å². The van der Waals surface area contributed by atoms with Crippen LogP contribution in [0.15, 0.2) is 5.16 Å². The third kappa shape index (κ3) is 4.35. The molecule has 1 saturated heterocycles. The molecule has 1 N–H and O–H groups in total. The fourth-order valence-corrected chi connectivity index (χ4v) is 5.16. The van der Waals surface area contributed by atoms with E-state index in [1.165, 1.54) is 35.9 Å². The highest BCUT2D eigenvalue weighted by Gasteiger charge is 2.33. The molecule has 2 heterocycles. The fraction of sp³-hybridized carbons (Fsp3) is 0.789. The number of nitrogens with zero attached hydrogens (tertiary/aromatic N) is 5. The van der Waals surface area contributed by atoms with Crippen LogP contribution in [0.5, 0.6) is 0 Å². The summed E-state index contributed by atoms with van der Waals surface area (Å²) in [6.45, 7) is 4.96. The van der Waals surface area contributed by atoms with E-state index in [1.807, 2.05) is 6.92 Å². The largest absolute Gasteiger partial charge is 0.336 e. The minimum Gasteiger partial charge on any atom is -0.336 e. The predicted molar refractivity (Wildman–Crippen MR) is 109 cm³/mol. The molecule has 1 aromatic heterocycles. The van der Waals surface area contributed by atoms with E-state index >= 15 is 0 Å². The maximum Gasteiger partial charge on any atom is 0.324 e. The summed E-state index contributed by atoms with van der Waals surface area (Å²) in [5, 5.41) is 12.1. The minimum atomic E-state index is -0.386. The zero-order valence-electron chi connectivity index (χ0n) is 17.3. The van der Waals surface area contributed by atoms with E-state index in [2.05, 4.69) is 46.0 Å². The molecule has 28 heavy (non-hydrogen) atoms. The van der Waals surface area contributed by atoms with Gasteiger partial charge in [0.15, 0.2) is 11.0 Å². The van der Waals surface area contributed by atoms with Crippen molar-refractivity contribution in [2.45, 2.75) is 74.9 Å². The summed E-state index contributed by atoms with van der Waals surface area (Å²) < 4.78 is 2.28. The summed E-state index contributed by atoms with van der Waals surface area (Å²) in [4.78, 5) is 28.1. The summed E-state index contributed by atoms with van der Waals surface area (Å²) in [5.41, 5.74) is 0. The molecule has 1 aromatic rings. The molecule has 1 aliphatic carbocycles. The third-order valence-electron chi connectivity index (χ3n) is 5.69. The zero-order chi connectivity index (χ0) is 20.3. The number of rotatable bonds is 7. The SMILES string of the molecule is CCC(c1nnc(SC(C)C(=O)N2CCNC2=O)n1C1CCCCC1)N(C)C. The van der Waals surface area contributed by atoms with Crippen LogP contribution in [0.3, 0.4) is 0 Å². The van der Waals surface area contributed by atoms with Crippen molar-refractivity contribution >= 4 is 23.7 Å². The number of hydrogen-bond acceptors (Lipinski definition) is 6. The Morgan fingerprint density at radius 2 is 2.00 bits per heavy atom. The van der Waals surface area contributed by atoms with Crippen LogP contribution < -0.4 is 5.32 Å². The second-order valence-electron chi connectivity index (χ2n) is 7.87. The fourth-order valence-electron chi connectivity index (χ4n) is 4.17. The molecule has 0 spiro atoms. The van der Waals surface area contributed by atoms with Gasteiger partial charge in [-0.05, 0) is 40.3 Å². The maximum atomic E-state index is 12.7. The van der Waals surface area contributed by atoms with Crippen molar-refractivity contribution < 1.29 is 9.59 Å². The topological polar surface area (TPSA) is 83.4 Å². The molecule has 1 saturated carbocycles. The number of imide groups is 1. The molecular formula is C19H32N6O2S. The van der Waals surface area contributed by atoms with Crippen LogP contribution in [0.2, 0.25) is 0 Å². The van der Waals surface area contributed by atoms with E-state index in [1.54, 1.807) is 0 Å². The van der Waals surface area contributed by atoms with Gasteiger partial charge in [-0.25, -0.2) is 4.79 Å². The van der Waals surface area contributed by atoms with Gasteiger partial charge in [-0.2, -0.15) is 0 Å². The number of carbonyl (C=O) groups is 2. The molecule has 2 unspecified atom stereocenters. The van der Waals surface area contributed by atoms with Gasteiger partial charge in [-0.1, -0.05) is 37.9 Å². The van der Waals surface area contributed by atoms with Crippen molar-refractivity contribution in [1.29, 1.82) is 0 Å². The van der Waals surface area contributed by atoms with Gasteiger partial charge >= 0.3 is 6.03 Å². The lowest BCUT2D eigenvalue weighted by Gasteiger charge is -2.30. The van der Waals surface area contributed by atoms with Gasteiger partial charge in [-0.3, -0.25) is 14.6 Å². The molecule has 0 bridgehead atoms. The molecule has 8 nitrogen and oxygen atoms in total. The van der Waals surface area contributed by atoms with Gasteiger partial charge in [0.05, 0.1) is 11.3 Å². The Labute approximate surface area is 171 Å². The van der Waals surface area contributed by atoms with Crippen LogP contribution in [0.1, 0.15) is 70.3 Å². The minimum absolute atomic E-state index is 0.167. The lowest BCUT2D eigenvalue weighted by molar-refractivity contribution is -0.126. The number of urea groups is 1. The van der Waals surface area contributed by atoms with Crippen LogP contribution in [0, 0.1) is 0 Å². The molecule has 0 radical (unpaired) electrons. The smallest absolute Gasteiger partial charge is 0.324 e. The number of carbonyl (C=O) groups excluding carboxylic acids is 2. The number of nitrogens with one attached hydrogen (secondary N) is 1. The van der Waals surface area contributed by atoms with Gasteiger partial charge in [0.1, 0.15) is 0 Å². The lowest BCUT2D eigenvalue weighted by atomic mass is 9.95. The van der Waals surface area contributed by atoms with Crippen molar-refractivity contribution in [2.24, 2.45) is 0 Å². The molecule has 9 heteroatoms. The van der Waals surface area contributed by atoms with E-state index in [4.69, 9.17) is 0 Å². The molecular weight excluding hydrogens is 376 g/mol. The van der Waals surface area contributed by atoms with E-state index < -0.39 is 0 Å². The Hall–Kier alpha value is -1.61.